The Hall–Kier alpha value is 2.70. The standard InChI is InChI=1S/C38H68S4Se4/c1-5-9-13-17-21-25-29-43-35-36(44-30-26-22-18-14-10-6-2)40-33(39-35)34-41-37(45-31-27-23-19-15-11-7-3)38(42-34)46-32-28-24-20-16-12-8-4/h5-32H2,1-4H3. The third kappa shape index (κ3) is 21.9. The summed E-state index contributed by atoms with van der Waals surface area (Å²) in [5.74, 6) is 0. The molecule has 2 heterocycles. The van der Waals surface area contributed by atoms with Gasteiger partial charge in [0.15, 0.2) is 0 Å². The van der Waals surface area contributed by atoms with Gasteiger partial charge in [-0.3, -0.25) is 0 Å². The summed E-state index contributed by atoms with van der Waals surface area (Å²) in [6.07, 6.45) is 34.5. The van der Waals surface area contributed by atoms with Gasteiger partial charge in [0.2, 0.25) is 0 Å². The maximum atomic E-state index is 2.33. The average molecular weight is 969 g/mol. The predicted molar refractivity (Wildman–Crippen MR) is 227 cm³/mol. The van der Waals surface area contributed by atoms with Crippen molar-refractivity contribution in [1.29, 1.82) is 0 Å². The van der Waals surface area contributed by atoms with E-state index in [2.05, 4.69) is 74.7 Å². The van der Waals surface area contributed by atoms with Crippen LogP contribution >= 0.6 is 47.0 Å². The molecule has 0 aromatic carbocycles. The van der Waals surface area contributed by atoms with Gasteiger partial charge in [-0.1, -0.05) is 0 Å². The molecule has 8 heteroatoms. The SMILES string of the molecule is CCCCCCCC[Se]C1=C([Se]CCCCCCCC)SC(=C2SC([Se]CCCCCCCC)=C([Se]CCCCCCCC)S2)S1. The molecule has 0 aromatic heterocycles. The first-order valence-corrected chi connectivity index (χ1v) is 30.7. The quantitative estimate of drug-likeness (QED) is 0.0486. The van der Waals surface area contributed by atoms with Gasteiger partial charge >= 0.3 is 334 Å². The summed E-state index contributed by atoms with van der Waals surface area (Å²) >= 11 is 11.8. The van der Waals surface area contributed by atoms with Crippen LogP contribution in [0.2, 0.25) is 21.3 Å². The van der Waals surface area contributed by atoms with Crippen LogP contribution in [0.5, 0.6) is 0 Å². The van der Waals surface area contributed by atoms with Crippen LogP contribution < -0.4 is 0 Å². The van der Waals surface area contributed by atoms with E-state index in [-0.39, 0.29) is 0 Å². The van der Waals surface area contributed by atoms with Crippen molar-refractivity contribution in [3.05, 3.63) is 23.7 Å². The summed E-state index contributed by atoms with van der Waals surface area (Å²) in [7, 11) is 0. The third-order valence-electron chi connectivity index (χ3n) is 8.17. The summed E-state index contributed by atoms with van der Waals surface area (Å²) in [5.41, 5.74) is 0. The second kappa shape index (κ2) is 32.4. The van der Waals surface area contributed by atoms with E-state index in [4.69, 9.17) is 0 Å². The van der Waals surface area contributed by atoms with Crippen molar-refractivity contribution in [1.82, 2.24) is 0 Å². The Morgan fingerprint density at radius 3 is 0.696 bits per heavy atom. The monoisotopic (exact) mass is 972 g/mol. The fourth-order valence-corrected chi connectivity index (χ4v) is 26.7. The molecule has 0 amide bonds. The fourth-order valence-electron chi connectivity index (χ4n) is 5.25. The third-order valence-corrected chi connectivity index (χ3v) is 28.1. The molecule has 0 radical (unpaired) electrons. The van der Waals surface area contributed by atoms with Gasteiger partial charge in [-0.25, -0.2) is 0 Å². The Kier molecular flexibility index (Phi) is 31.6. The van der Waals surface area contributed by atoms with Gasteiger partial charge < -0.3 is 0 Å². The van der Waals surface area contributed by atoms with Crippen LogP contribution in [0.25, 0.3) is 0 Å². The normalized spacial score (nSPS) is 15.4. The van der Waals surface area contributed by atoms with E-state index >= 15 is 0 Å². The molecule has 0 aromatic rings. The second-order valence-electron chi connectivity index (χ2n) is 12.6. The zero-order chi connectivity index (χ0) is 32.9. The number of thioether (sulfide) groups is 4. The molecule has 0 bridgehead atoms. The molecule has 2 rings (SSSR count). The van der Waals surface area contributed by atoms with Crippen LogP contribution in [0.4, 0.5) is 0 Å². The molecule has 0 saturated heterocycles. The van der Waals surface area contributed by atoms with Crippen molar-refractivity contribution in [2.75, 3.05) is 0 Å². The Labute approximate surface area is 330 Å². The summed E-state index contributed by atoms with van der Waals surface area (Å²) in [6, 6.07) is 0. The molecule has 0 atom stereocenters. The topological polar surface area (TPSA) is 0 Å². The van der Waals surface area contributed by atoms with E-state index in [1.807, 2.05) is 15.2 Å². The van der Waals surface area contributed by atoms with E-state index in [1.54, 1.807) is 8.47 Å². The Morgan fingerprint density at radius 2 is 0.478 bits per heavy atom. The number of hydrogen-bond donors (Lipinski definition) is 0. The fraction of sp³-hybridized carbons (Fsp3) is 0.842. The van der Waals surface area contributed by atoms with Crippen molar-refractivity contribution in [2.24, 2.45) is 0 Å². The average Bonchev–Trinajstić information content (AvgIpc) is 3.66. The van der Waals surface area contributed by atoms with E-state index in [9.17, 15) is 0 Å². The van der Waals surface area contributed by atoms with Crippen molar-refractivity contribution < 1.29 is 0 Å². The van der Waals surface area contributed by atoms with Crippen LogP contribution in [0.15, 0.2) is 23.7 Å². The minimum absolute atomic E-state index is 0.694. The molecule has 2 aliphatic rings. The summed E-state index contributed by atoms with van der Waals surface area (Å²) in [4.78, 5) is 0. The van der Waals surface area contributed by atoms with Crippen LogP contribution in [-0.4, -0.2) is 59.8 Å². The first-order chi connectivity index (χ1) is 22.7. The number of hydrogen-bond acceptors (Lipinski definition) is 4. The van der Waals surface area contributed by atoms with Crippen LogP contribution in [0.3, 0.4) is 0 Å². The molecule has 0 N–H and O–H groups in total. The molecule has 0 unspecified atom stereocenters. The van der Waals surface area contributed by atoms with E-state index < -0.39 is 0 Å². The molecule has 46 heavy (non-hydrogen) atoms. The molecule has 0 spiro atoms. The Morgan fingerprint density at radius 1 is 0.283 bits per heavy atom. The number of unbranched alkanes of at least 4 members (excludes halogenated alkanes) is 20. The molecule has 0 saturated carbocycles. The van der Waals surface area contributed by atoms with Crippen molar-refractivity contribution >= 4 is 107 Å². The second-order valence-corrected chi connectivity index (χ2v) is 28.8. The first-order valence-electron chi connectivity index (χ1n) is 19.2. The van der Waals surface area contributed by atoms with E-state index in [0.717, 1.165) is 0 Å². The van der Waals surface area contributed by atoms with Crippen molar-refractivity contribution in [3.8, 4) is 0 Å². The molecule has 0 fully saturated rings. The zero-order valence-corrected chi connectivity index (χ0v) is 40.2. The molecule has 268 valence electrons. The van der Waals surface area contributed by atoms with Crippen LogP contribution in [0.1, 0.15) is 182 Å². The molecular formula is C38H68S4Se4. The van der Waals surface area contributed by atoms with Gasteiger partial charge in [0.25, 0.3) is 0 Å². The molecule has 2 aliphatic heterocycles. The van der Waals surface area contributed by atoms with Gasteiger partial charge in [0.1, 0.15) is 0 Å². The van der Waals surface area contributed by atoms with E-state index in [0.29, 0.717) is 59.8 Å². The number of rotatable bonds is 32. The summed E-state index contributed by atoms with van der Waals surface area (Å²) in [6.45, 7) is 9.34. The van der Waals surface area contributed by atoms with Gasteiger partial charge in [-0.15, -0.1) is 0 Å². The molecular weight excluding hydrogens is 901 g/mol. The summed E-state index contributed by atoms with van der Waals surface area (Å²) < 4.78 is 10.8. The Bertz CT molecular complexity index is 726. The minimum atomic E-state index is 0.694. The van der Waals surface area contributed by atoms with Crippen LogP contribution in [0, 0.1) is 0 Å². The van der Waals surface area contributed by atoms with Gasteiger partial charge in [-0.05, 0) is 0 Å². The van der Waals surface area contributed by atoms with Crippen molar-refractivity contribution in [3.63, 3.8) is 0 Å². The zero-order valence-electron chi connectivity index (χ0n) is 30.1. The van der Waals surface area contributed by atoms with Gasteiger partial charge in [-0.2, -0.15) is 0 Å². The van der Waals surface area contributed by atoms with Crippen LogP contribution in [-0.2, 0) is 0 Å². The Balaban J connectivity index is 1.96. The summed E-state index contributed by atoms with van der Waals surface area (Å²) in [5, 5.41) is 5.88. The first kappa shape index (κ1) is 44.9. The predicted octanol–water partition coefficient (Wildman–Crippen LogP) is 15.3. The maximum absolute atomic E-state index is 2.33. The van der Waals surface area contributed by atoms with Crippen molar-refractivity contribution in [2.45, 2.75) is 203 Å². The van der Waals surface area contributed by atoms with Gasteiger partial charge in [0.05, 0.1) is 0 Å². The molecule has 0 nitrogen and oxygen atoms in total. The molecule has 0 aliphatic carbocycles. The van der Waals surface area contributed by atoms with E-state index in [1.165, 1.54) is 175 Å². The van der Waals surface area contributed by atoms with Gasteiger partial charge in [0, 0.05) is 0 Å².